The van der Waals surface area contributed by atoms with Gasteiger partial charge in [0.05, 0.1) is 19.9 Å². The summed E-state index contributed by atoms with van der Waals surface area (Å²) >= 11 is 6.17. The highest BCUT2D eigenvalue weighted by Crippen LogP contribution is 2.38. The number of ether oxygens (including phenoxy) is 2. The van der Waals surface area contributed by atoms with Crippen molar-refractivity contribution in [2.75, 3.05) is 20.3 Å². The molecule has 0 unspecified atom stereocenters. The van der Waals surface area contributed by atoms with Crippen LogP contribution in [-0.2, 0) is 13.1 Å². The van der Waals surface area contributed by atoms with E-state index in [-0.39, 0.29) is 0 Å². The number of fused-ring (bicyclic) bond motifs is 1. The van der Waals surface area contributed by atoms with Crippen LogP contribution in [0.4, 0.5) is 0 Å². The lowest BCUT2D eigenvalue weighted by Gasteiger charge is -2.18. The van der Waals surface area contributed by atoms with Crippen molar-refractivity contribution in [1.82, 2.24) is 4.90 Å². The van der Waals surface area contributed by atoms with Crippen LogP contribution in [0.15, 0.2) is 59.2 Å². The molecule has 0 amide bonds. The molecule has 0 spiro atoms. The fourth-order valence-electron chi connectivity index (χ4n) is 3.28. The lowest BCUT2D eigenvalue weighted by Crippen LogP contribution is -2.25. The number of nitrogens with zero attached hydrogens (tertiary/aromatic N) is 1. The summed E-state index contributed by atoms with van der Waals surface area (Å²) in [5, 5.41) is 0.715. The highest BCUT2D eigenvalue weighted by atomic mass is 35.5. The van der Waals surface area contributed by atoms with Gasteiger partial charge in [-0.05, 0) is 47.5 Å². The van der Waals surface area contributed by atoms with Crippen molar-refractivity contribution >= 4 is 11.6 Å². The van der Waals surface area contributed by atoms with Crippen LogP contribution in [0.25, 0.3) is 11.1 Å². The largest absolute Gasteiger partial charge is 0.493 e. The molecule has 1 aliphatic heterocycles. The molecule has 1 aromatic heterocycles. The summed E-state index contributed by atoms with van der Waals surface area (Å²) in [7, 11) is 1.67. The second-order valence-corrected chi connectivity index (χ2v) is 6.75. The fourth-order valence-corrected chi connectivity index (χ4v) is 3.47. The first-order chi connectivity index (χ1) is 12.7. The summed E-state index contributed by atoms with van der Waals surface area (Å²) in [6.07, 6.45) is 1.71. The van der Waals surface area contributed by atoms with Gasteiger partial charge in [0.2, 0.25) is 0 Å². The van der Waals surface area contributed by atoms with E-state index >= 15 is 0 Å². The van der Waals surface area contributed by atoms with Gasteiger partial charge < -0.3 is 13.9 Å². The molecule has 0 fully saturated rings. The molecule has 0 bridgehead atoms. The van der Waals surface area contributed by atoms with E-state index in [1.165, 1.54) is 0 Å². The molecule has 0 atom stereocenters. The highest BCUT2D eigenvalue weighted by molar-refractivity contribution is 6.30. The van der Waals surface area contributed by atoms with Crippen molar-refractivity contribution in [2.45, 2.75) is 13.1 Å². The maximum Gasteiger partial charge on any atom is 0.165 e. The first-order valence-electron chi connectivity index (χ1n) is 8.57. The normalized spacial score (nSPS) is 14.4. The number of hydrogen-bond acceptors (Lipinski definition) is 4. The van der Waals surface area contributed by atoms with Crippen molar-refractivity contribution < 1.29 is 13.9 Å². The summed E-state index contributed by atoms with van der Waals surface area (Å²) in [6, 6.07) is 15.9. The molecule has 1 aliphatic rings. The first-order valence-corrected chi connectivity index (χ1v) is 8.95. The minimum atomic E-state index is 0.612. The first kappa shape index (κ1) is 17.0. The Morgan fingerprint density at radius 1 is 1.12 bits per heavy atom. The Balaban J connectivity index is 1.70. The molecule has 2 aromatic carbocycles. The molecular weight excluding hydrogens is 350 g/mol. The summed E-state index contributed by atoms with van der Waals surface area (Å²) in [6.45, 7) is 2.95. The van der Waals surface area contributed by atoms with Gasteiger partial charge in [-0.15, -0.1) is 0 Å². The van der Waals surface area contributed by atoms with Gasteiger partial charge in [0, 0.05) is 23.7 Å². The Hall–Kier alpha value is -2.43. The van der Waals surface area contributed by atoms with E-state index in [0.29, 0.717) is 11.6 Å². The highest BCUT2D eigenvalue weighted by Gasteiger charge is 2.21. The number of halogens is 1. The Morgan fingerprint density at radius 2 is 2.04 bits per heavy atom. The molecule has 4 nitrogen and oxygen atoms in total. The third kappa shape index (κ3) is 3.57. The van der Waals surface area contributed by atoms with E-state index in [1.54, 1.807) is 13.4 Å². The standard InChI is InChI=1S/C21H20ClNO3/c1-24-20-12-16(15-4-2-5-18(22)11-15)10-17-13-23(7-9-26-21(17)20)14-19-6-3-8-25-19/h2-6,8,10-12H,7,9,13-14H2,1H3. The second kappa shape index (κ2) is 7.44. The average Bonchev–Trinajstić information content (AvgIpc) is 3.06. The maximum atomic E-state index is 6.17. The Morgan fingerprint density at radius 3 is 2.81 bits per heavy atom. The van der Waals surface area contributed by atoms with E-state index in [0.717, 1.165) is 53.6 Å². The smallest absolute Gasteiger partial charge is 0.165 e. The van der Waals surface area contributed by atoms with Gasteiger partial charge in [-0.2, -0.15) is 0 Å². The number of rotatable bonds is 4. The van der Waals surface area contributed by atoms with E-state index in [9.17, 15) is 0 Å². The molecular formula is C21H20ClNO3. The summed E-state index contributed by atoms with van der Waals surface area (Å²) < 4.78 is 17.1. The Labute approximate surface area is 157 Å². The zero-order chi connectivity index (χ0) is 17.9. The monoisotopic (exact) mass is 369 g/mol. The third-order valence-corrected chi connectivity index (χ3v) is 4.75. The summed E-state index contributed by atoms with van der Waals surface area (Å²) in [5.41, 5.74) is 3.22. The van der Waals surface area contributed by atoms with Gasteiger partial charge in [-0.1, -0.05) is 23.7 Å². The second-order valence-electron chi connectivity index (χ2n) is 6.32. The summed E-state index contributed by atoms with van der Waals surface area (Å²) in [5.74, 6) is 2.52. The molecule has 0 saturated carbocycles. The molecule has 2 heterocycles. The van der Waals surface area contributed by atoms with Gasteiger partial charge in [0.25, 0.3) is 0 Å². The van der Waals surface area contributed by atoms with Crippen molar-refractivity contribution in [1.29, 1.82) is 0 Å². The predicted octanol–water partition coefficient (Wildman–Crippen LogP) is 5.00. The van der Waals surface area contributed by atoms with E-state index in [1.807, 2.05) is 42.5 Å². The molecule has 26 heavy (non-hydrogen) atoms. The zero-order valence-electron chi connectivity index (χ0n) is 14.6. The number of benzene rings is 2. The van der Waals surface area contributed by atoms with Crippen LogP contribution in [0.3, 0.4) is 0 Å². The SMILES string of the molecule is COc1cc(-c2cccc(Cl)c2)cc2c1OCCN(Cc1ccco1)C2. The minimum Gasteiger partial charge on any atom is -0.493 e. The van der Waals surface area contributed by atoms with Crippen molar-refractivity contribution in [3.63, 3.8) is 0 Å². The molecule has 5 heteroatoms. The fraction of sp³-hybridized carbons (Fsp3) is 0.238. The molecule has 4 rings (SSSR count). The van der Waals surface area contributed by atoms with Gasteiger partial charge >= 0.3 is 0 Å². The van der Waals surface area contributed by atoms with Crippen LogP contribution in [0.1, 0.15) is 11.3 Å². The molecule has 0 saturated heterocycles. The average molecular weight is 370 g/mol. The molecule has 0 N–H and O–H groups in total. The molecule has 134 valence electrons. The molecule has 0 aliphatic carbocycles. The number of hydrogen-bond donors (Lipinski definition) is 0. The van der Waals surface area contributed by atoms with E-state index in [4.69, 9.17) is 25.5 Å². The Bertz CT molecular complexity index is 892. The molecule has 3 aromatic rings. The quantitative estimate of drug-likeness (QED) is 0.648. The zero-order valence-corrected chi connectivity index (χ0v) is 15.3. The van der Waals surface area contributed by atoms with E-state index in [2.05, 4.69) is 11.0 Å². The third-order valence-electron chi connectivity index (χ3n) is 4.52. The van der Waals surface area contributed by atoms with E-state index < -0.39 is 0 Å². The van der Waals surface area contributed by atoms with Gasteiger partial charge in [-0.25, -0.2) is 0 Å². The minimum absolute atomic E-state index is 0.612. The van der Waals surface area contributed by atoms with Gasteiger partial charge in [0.15, 0.2) is 11.5 Å². The van der Waals surface area contributed by atoms with Crippen molar-refractivity contribution in [2.24, 2.45) is 0 Å². The van der Waals surface area contributed by atoms with Crippen LogP contribution < -0.4 is 9.47 Å². The molecule has 0 radical (unpaired) electrons. The van der Waals surface area contributed by atoms with Crippen LogP contribution in [0.5, 0.6) is 11.5 Å². The van der Waals surface area contributed by atoms with Crippen LogP contribution in [0, 0.1) is 0 Å². The van der Waals surface area contributed by atoms with Crippen LogP contribution in [-0.4, -0.2) is 25.2 Å². The van der Waals surface area contributed by atoms with Gasteiger partial charge in [0.1, 0.15) is 12.4 Å². The lowest BCUT2D eigenvalue weighted by molar-refractivity contribution is 0.204. The van der Waals surface area contributed by atoms with Crippen LogP contribution >= 0.6 is 11.6 Å². The topological polar surface area (TPSA) is 34.8 Å². The van der Waals surface area contributed by atoms with Crippen molar-refractivity contribution in [3.05, 3.63) is 71.1 Å². The van der Waals surface area contributed by atoms with Crippen molar-refractivity contribution in [3.8, 4) is 22.6 Å². The number of methoxy groups -OCH3 is 1. The number of furan rings is 1. The predicted molar refractivity (Wildman–Crippen MR) is 102 cm³/mol. The lowest BCUT2D eigenvalue weighted by atomic mass is 10.0. The Kier molecular flexibility index (Phi) is 4.87. The maximum absolute atomic E-state index is 6.17. The van der Waals surface area contributed by atoms with Gasteiger partial charge in [-0.3, -0.25) is 4.90 Å². The summed E-state index contributed by atoms with van der Waals surface area (Å²) in [4.78, 5) is 2.31. The van der Waals surface area contributed by atoms with Crippen LogP contribution in [0.2, 0.25) is 5.02 Å².